The van der Waals surface area contributed by atoms with Gasteiger partial charge < -0.3 is 10.1 Å². The lowest BCUT2D eigenvalue weighted by Gasteiger charge is -2.19. The number of methoxy groups -OCH3 is 1. The minimum atomic E-state index is -4.23. The molecule has 196 valence electrons. The molecule has 3 aromatic carbocycles. The highest BCUT2D eigenvalue weighted by Gasteiger charge is 2.26. The van der Waals surface area contributed by atoms with Gasteiger partial charge in [-0.15, -0.1) is 0 Å². The fourth-order valence-electron chi connectivity index (χ4n) is 4.71. The lowest BCUT2D eigenvalue weighted by molar-refractivity contribution is -0.118. The molecule has 38 heavy (non-hydrogen) atoms. The maximum Gasteiger partial charge on any atom is 0.235 e. The summed E-state index contributed by atoms with van der Waals surface area (Å²) in [6.07, 6.45) is 3.65. The molecule has 1 N–H and O–H groups in total. The lowest BCUT2D eigenvalue weighted by Crippen LogP contribution is -2.31. The molecule has 0 saturated carbocycles. The summed E-state index contributed by atoms with van der Waals surface area (Å²) >= 11 is 0. The number of amides is 1. The van der Waals surface area contributed by atoms with Crippen molar-refractivity contribution in [2.45, 2.75) is 24.2 Å². The zero-order valence-electron chi connectivity index (χ0n) is 20.6. The van der Waals surface area contributed by atoms with Gasteiger partial charge in [0.2, 0.25) is 5.91 Å². The number of carbonyl (C=O) groups excluding carboxylic acids is 1. The first kappa shape index (κ1) is 25.6. The Bertz CT molecular complexity index is 1680. The van der Waals surface area contributed by atoms with E-state index in [1.807, 2.05) is 42.5 Å². The Morgan fingerprint density at radius 3 is 2.66 bits per heavy atom. The summed E-state index contributed by atoms with van der Waals surface area (Å²) in [5.41, 5.74) is 2.76. The van der Waals surface area contributed by atoms with E-state index in [1.165, 1.54) is 13.2 Å². The Kier molecular flexibility index (Phi) is 6.98. The standard InChI is InChI=1S/C28H25F2N3O4S/c1-37-25-12-10-21(29)14-26(25)38(35,36)17-27(34)31-16-24(30)23-8-4-7-20-15-32-33(28(20)23)22-11-9-18-5-2-3-6-19(18)13-22/h2-3,5-6,9-15H,4,7-8,16-17H2,1H3,(H,31,34)/b24-23+. The van der Waals surface area contributed by atoms with Gasteiger partial charge in [-0.05, 0) is 65.9 Å². The van der Waals surface area contributed by atoms with Crippen molar-refractivity contribution in [3.63, 3.8) is 0 Å². The second-order valence-electron chi connectivity index (χ2n) is 9.03. The largest absolute Gasteiger partial charge is 0.495 e. The van der Waals surface area contributed by atoms with Gasteiger partial charge in [-0.25, -0.2) is 21.9 Å². The van der Waals surface area contributed by atoms with Gasteiger partial charge in [-0.3, -0.25) is 4.79 Å². The summed E-state index contributed by atoms with van der Waals surface area (Å²) in [6, 6.07) is 16.8. The van der Waals surface area contributed by atoms with Gasteiger partial charge in [0.1, 0.15) is 28.0 Å². The molecule has 0 fully saturated rings. The van der Waals surface area contributed by atoms with E-state index in [4.69, 9.17) is 4.74 Å². The number of rotatable bonds is 7. The number of ether oxygens (including phenoxy) is 1. The molecule has 1 aromatic heterocycles. The van der Waals surface area contributed by atoms with Gasteiger partial charge in [0.05, 0.1) is 31.2 Å². The van der Waals surface area contributed by atoms with Crippen molar-refractivity contribution in [2.75, 3.05) is 19.4 Å². The first-order chi connectivity index (χ1) is 18.3. The van der Waals surface area contributed by atoms with Crippen LogP contribution in [0, 0.1) is 5.82 Å². The number of nitrogens with one attached hydrogen (secondary N) is 1. The van der Waals surface area contributed by atoms with Crippen LogP contribution < -0.4 is 10.1 Å². The summed E-state index contributed by atoms with van der Waals surface area (Å²) in [7, 11) is -2.98. The molecular formula is C28H25F2N3O4S. The monoisotopic (exact) mass is 537 g/mol. The molecule has 5 rings (SSSR count). The summed E-state index contributed by atoms with van der Waals surface area (Å²) in [5, 5.41) is 8.97. The number of hydrogen-bond donors (Lipinski definition) is 1. The molecule has 7 nitrogen and oxygen atoms in total. The second kappa shape index (κ2) is 10.4. The fourth-order valence-corrected chi connectivity index (χ4v) is 6.06. The molecule has 10 heteroatoms. The second-order valence-corrected chi connectivity index (χ2v) is 11.0. The Labute approximate surface area is 218 Å². The topological polar surface area (TPSA) is 90.3 Å². The number of halogens is 2. The van der Waals surface area contributed by atoms with Gasteiger partial charge >= 0.3 is 0 Å². The maximum atomic E-state index is 15.5. The van der Waals surface area contributed by atoms with Crippen LogP contribution in [0.2, 0.25) is 0 Å². The van der Waals surface area contributed by atoms with E-state index in [0.29, 0.717) is 17.7 Å². The summed E-state index contributed by atoms with van der Waals surface area (Å²) < 4.78 is 61.3. The number of allylic oxidation sites excluding steroid dienone is 1. The van der Waals surface area contributed by atoms with Crippen LogP contribution in [0.1, 0.15) is 24.1 Å². The van der Waals surface area contributed by atoms with Crippen LogP contribution in [0.25, 0.3) is 22.0 Å². The van der Waals surface area contributed by atoms with Crippen LogP contribution in [-0.4, -0.2) is 43.5 Å². The molecule has 0 aliphatic heterocycles. The van der Waals surface area contributed by atoms with Crippen LogP contribution in [0.3, 0.4) is 0 Å². The average molecular weight is 538 g/mol. The molecule has 0 saturated heterocycles. The van der Waals surface area contributed by atoms with Gasteiger partial charge in [0.25, 0.3) is 0 Å². The van der Waals surface area contributed by atoms with Gasteiger partial charge in [-0.1, -0.05) is 30.3 Å². The van der Waals surface area contributed by atoms with E-state index < -0.39 is 44.6 Å². The van der Waals surface area contributed by atoms with Crippen LogP contribution in [0.15, 0.2) is 77.6 Å². The van der Waals surface area contributed by atoms with E-state index in [-0.39, 0.29) is 5.75 Å². The quantitative estimate of drug-likeness (QED) is 0.367. The third-order valence-electron chi connectivity index (χ3n) is 6.53. The van der Waals surface area contributed by atoms with Crippen molar-refractivity contribution >= 4 is 32.1 Å². The first-order valence-electron chi connectivity index (χ1n) is 12.0. The Morgan fingerprint density at radius 1 is 1.08 bits per heavy atom. The zero-order chi connectivity index (χ0) is 26.9. The molecular weight excluding hydrogens is 512 g/mol. The zero-order valence-corrected chi connectivity index (χ0v) is 21.4. The number of nitrogens with zero attached hydrogens (tertiary/aromatic N) is 2. The third kappa shape index (κ3) is 5.04. The van der Waals surface area contributed by atoms with Crippen LogP contribution in [0.5, 0.6) is 5.75 Å². The highest BCUT2D eigenvalue weighted by molar-refractivity contribution is 7.92. The minimum Gasteiger partial charge on any atom is -0.495 e. The summed E-state index contributed by atoms with van der Waals surface area (Å²) in [6.45, 7) is -0.480. The highest BCUT2D eigenvalue weighted by atomic mass is 32.2. The number of sulfone groups is 1. The number of benzene rings is 3. The van der Waals surface area contributed by atoms with Crippen molar-refractivity contribution < 1.29 is 26.7 Å². The molecule has 0 spiro atoms. The van der Waals surface area contributed by atoms with Crippen molar-refractivity contribution in [1.82, 2.24) is 15.1 Å². The van der Waals surface area contributed by atoms with Crippen LogP contribution in [0.4, 0.5) is 8.78 Å². The van der Waals surface area contributed by atoms with Gasteiger partial charge in [-0.2, -0.15) is 5.10 Å². The van der Waals surface area contributed by atoms with E-state index in [9.17, 15) is 17.6 Å². The highest BCUT2D eigenvalue weighted by Crippen LogP contribution is 2.35. The molecule has 0 unspecified atom stereocenters. The lowest BCUT2D eigenvalue weighted by atomic mass is 9.92. The molecule has 1 heterocycles. The van der Waals surface area contributed by atoms with Crippen molar-refractivity contribution in [1.29, 1.82) is 0 Å². The molecule has 0 bridgehead atoms. The minimum absolute atomic E-state index is 0.0795. The number of fused-ring (bicyclic) bond motifs is 2. The van der Waals surface area contributed by atoms with Crippen molar-refractivity contribution in [3.8, 4) is 11.4 Å². The van der Waals surface area contributed by atoms with Gasteiger partial charge in [0.15, 0.2) is 9.84 Å². The normalized spacial score (nSPS) is 14.7. The number of hydrogen-bond acceptors (Lipinski definition) is 5. The first-order valence-corrected chi connectivity index (χ1v) is 13.7. The molecule has 0 radical (unpaired) electrons. The molecule has 4 aromatic rings. The van der Waals surface area contributed by atoms with Gasteiger partial charge in [0, 0.05) is 5.57 Å². The predicted molar refractivity (Wildman–Crippen MR) is 140 cm³/mol. The number of carbonyl (C=O) groups is 1. The smallest absolute Gasteiger partial charge is 0.235 e. The van der Waals surface area contributed by atoms with E-state index in [1.54, 1.807) is 10.9 Å². The van der Waals surface area contributed by atoms with E-state index in [0.717, 1.165) is 47.0 Å². The van der Waals surface area contributed by atoms with Crippen LogP contribution in [-0.2, 0) is 21.1 Å². The van der Waals surface area contributed by atoms with Crippen molar-refractivity contribution in [2.24, 2.45) is 0 Å². The maximum absolute atomic E-state index is 15.5. The average Bonchev–Trinajstić information content (AvgIpc) is 3.35. The third-order valence-corrected chi connectivity index (χ3v) is 8.16. The molecule has 1 aliphatic carbocycles. The Balaban J connectivity index is 1.37. The Hall–Kier alpha value is -4.05. The summed E-state index contributed by atoms with van der Waals surface area (Å²) in [4.78, 5) is 12.0. The number of aryl methyl sites for hydroxylation is 1. The molecule has 1 aliphatic rings. The number of aromatic nitrogens is 2. The van der Waals surface area contributed by atoms with Crippen molar-refractivity contribution in [3.05, 3.63) is 89.8 Å². The molecule has 0 atom stereocenters. The fraction of sp³-hybridized carbons (Fsp3) is 0.214. The van der Waals surface area contributed by atoms with E-state index >= 15 is 4.39 Å². The predicted octanol–water partition coefficient (Wildman–Crippen LogP) is 4.78. The SMILES string of the molecule is COc1ccc(F)cc1S(=O)(=O)CC(=O)NC/C(F)=C1/CCCc2cnn(-c3ccc4ccccc4c3)c21. The Morgan fingerprint density at radius 2 is 1.87 bits per heavy atom. The molecule has 1 amide bonds. The summed E-state index contributed by atoms with van der Waals surface area (Å²) in [5.74, 6) is -3.31. The van der Waals surface area contributed by atoms with E-state index in [2.05, 4.69) is 10.4 Å². The van der Waals surface area contributed by atoms with Crippen LogP contribution >= 0.6 is 0 Å².